The second-order valence-corrected chi connectivity index (χ2v) is 8.47. The number of anilines is 2. The van der Waals surface area contributed by atoms with Crippen LogP contribution >= 0.6 is 0 Å². The van der Waals surface area contributed by atoms with Gasteiger partial charge in [0.1, 0.15) is 0 Å². The van der Waals surface area contributed by atoms with Crippen molar-refractivity contribution < 1.29 is 16.8 Å². The third-order valence-corrected chi connectivity index (χ3v) is 4.96. The fourth-order valence-corrected chi connectivity index (χ4v) is 3.54. The summed E-state index contributed by atoms with van der Waals surface area (Å²) in [7, 11) is -7.21. The molecule has 0 unspecified atom stereocenters. The minimum absolute atomic E-state index is 0.00246. The summed E-state index contributed by atoms with van der Waals surface area (Å²) in [5.74, 6) is 0. The molecule has 0 saturated carbocycles. The molecule has 9 heteroatoms. The number of nitrogens with one attached hydrogen (secondary N) is 2. The van der Waals surface area contributed by atoms with Crippen molar-refractivity contribution in [3.8, 4) is 6.07 Å². The summed E-state index contributed by atoms with van der Waals surface area (Å²) >= 11 is 0. The van der Waals surface area contributed by atoms with Gasteiger partial charge in [-0.15, -0.1) is 0 Å². The van der Waals surface area contributed by atoms with Crippen LogP contribution < -0.4 is 9.44 Å². The first-order chi connectivity index (χ1) is 11.2. The quantitative estimate of drug-likeness (QED) is 0.811. The standard InChI is InChI=1S/C15H15N3O4S2/c1-23(19,20)17-13-6-8-15(9-7-13)24(21,22)18-14-4-2-12(3-5-14)10-11-16/h2-9,17-18H,10H2,1H3. The molecule has 24 heavy (non-hydrogen) atoms. The van der Waals surface area contributed by atoms with Gasteiger partial charge < -0.3 is 0 Å². The summed E-state index contributed by atoms with van der Waals surface area (Å²) in [4.78, 5) is 0.00246. The van der Waals surface area contributed by atoms with Crippen LogP contribution in [0.5, 0.6) is 0 Å². The molecule has 126 valence electrons. The third-order valence-electron chi connectivity index (χ3n) is 2.96. The number of sulfonamides is 2. The lowest BCUT2D eigenvalue weighted by Gasteiger charge is -2.09. The van der Waals surface area contributed by atoms with Crippen LogP contribution in [-0.2, 0) is 26.5 Å². The van der Waals surface area contributed by atoms with E-state index < -0.39 is 20.0 Å². The number of hydrogen-bond donors (Lipinski definition) is 2. The van der Waals surface area contributed by atoms with Crippen molar-refractivity contribution in [1.29, 1.82) is 5.26 Å². The van der Waals surface area contributed by atoms with Crippen molar-refractivity contribution in [3.05, 3.63) is 54.1 Å². The third kappa shape index (κ3) is 4.97. The Morgan fingerprint density at radius 2 is 1.38 bits per heavy atom. The van der Waals surface area contributed by atoms with E-state index in [1.807, 2.05) is 6.07 Å². The van der Waals surface area contributed by atoms with Crippen molar-refractivity contribution in [2.45, 2.75) is 11.3 Å². The molecule has 0 heterocycles. The Balaban J connectivity index is 2.16. The van der Waals surface area contributed by atoms with Crippen molar-refractivity contribution in [1.82, 2.24) is 0 Å². The molecule has 7 nitrogen and oxygen atoms in total. The highest BCUT2D eigenvalue weighted by atomic mass is 32.2. The Morgan fingerprint density at radius 1 is 0.875 bits per heavy atom. The molecule has 2 rings (SSSR count). The summed E-state index contributed by atoms with van der Waals surface area (Å²) in [6.45, 7) is 0. The number of rotatable bonds is 6. The van der Waals surface area contributed by atoms with Gasteiger partial charge >= 0.3 is 0 Å². The van der Waals surface area contributed by atoms with Gasteiger partial charge in [0, 0.05) is 11.4 Å². The maximum atomic E-state index is 12.3. The van der Waals surface area contributed by atoms with Crippen LogP contribution in [0.3, 0.4) is 0 Å². The Kier molecular flexibility index (Phi) is 5.11. The fourth-order valence-electron chi connectivity index (χ4n) is 1.91. The molecule has 0 spiro atoms. The lowest BCUT2D eigenvalue weighted by molar-refractivity contribution is 0.601. The molecule has 0 fully saturated rings. The molecule has 0 aliphatic rings. The predicted molar refractivity (Wildman–Crippen MR) is 91.5 cm³/mol. The van der Waals surface area contributed by atoms with Gasteiger partial charge in [0.05, 0.1) is 23.6 Å². The monoisotopic (exact) mass is 365 g/mol. The highest BCUT2D eigenvalue weighted by molar-refractivity contribution is 7.92. The first-order valence-corrected chi connectivity index (χ1v) is 10.1. The normalized spacial score (nSPS) is 11.5. The van der Waals surface area contributed by atoms with Crippen LogP contribution in [0.25, 0.3) is 0 Å². The largest absolute Gasteiger partial charge is 0.284 e. The zero-order valence-electron chi connectivity index (χ0n) is 12.7. The molecule has 2 aromatic rings. The molecule has 0 radical (unpaired) electrons. The minimum Gasteiger partial charge on any atom is -0.284 e. The number of nitrogens with zero attached hydrogens (tertiary/aromatic N) is 1. The highest BCUT2D eigenvalue weighted by Crippen LogP contribution is 2.19. The smallest absolute Gasteiger partial charge is 0.261 e. The van der Waals surface area contributed by atoms with Crippen molar-refractivity contribution in [2.75, 3.05) is 15.7 Å². The summed E-state index contributed by atoms with van der Waals surface area (Å²) in [6.07, 6.45) is 1.26. The van der Waals surface area contributed by atoms with Crippen LogP contribution in [0.4, 0.5) is 11.4 Å². The van der Waals surface area contributed by atoms with E-state index in [1.54, 1.807) is 24.3 Å². The van der Waals surface area contributed by atoms with Gasteiger partial charge in [0.15, 0.2) is 0 Å². The Morgan fingerprint density at radius 3 is 1.88 bits per heavy atom. The lowest BCUT2D eigenvalue weighted by atomic mass is 10.1. The second kappa shape index (κ2) is 6.90. The van der Waals surface area contributed by atoms with Gasteiger partial charge in [-0.3, -0.25) is 9.44 Å². The summed E-state index contributed by atoms with van der Waals surface area (Å²) in [5.41, 5.74) is 1.43. The van der Waals surface area contributed by atoms with Gasteiger partial charge in [-0.25, -0.2) is 16.8 Å². The lowest BCUT2D eigenvalue weighted by Crippen LogP contribution is -2.13. The van der Waals surface area contributed by atoms with Gasteiger partial charge in [-0.1, -0.05) is 12.1 Å². The summed E-state index contributed by atoms with van der Waals surface area (Å²) in [6, 6.07) is 13.8. The second-order valence-electron chi connectivity index (χ2n) is 5.04. The summed E-state index contributed by atoms with van der Waals surface area (Å²) in [5, 5.41) is 8.61. The molecular formula is C15H15N3O4S2. The van der Waals surface area contributed by atoms with E-state index in [4.69, 9.17) is 5.26 Å². The van der Waals surface area contributed by atoms with Gasteiger partial charge in [0.2, 0.25) is 10.0 Å². The van der Waals surface area contributed by atoms with E-state index in [2.05, 4.69) is 9.44 Å². The molecular weight excluding hydrogens is 350 g/mol. The Labute approximate surface area is 141 Å². The van der Waals surface area contributed by atoms with Gasteiger partial charge in [0.25, 0.3) is 10.0 Å². The predicted octanol–water partition coefficient (Wildman–Crippen LogP) is 1.92. The zero-order valence-corrected chi connectivity index (χ0v) is 14.4. The number of hydrogen-bond acceptors (Lipinski definition) is 5. The molecule has 0 aliphatic carbocycles. The highest BCUT2D eigenvalue weighted by Gasteiger charge is 2.14. The van der Waals surface area contributed by atoms with Crippen LogP contribution in [-0.4, -0.2) is 23.1 Å². The molecule has 0 saturated heterocycles. The molecule has 0 aliphatic heterocycles. The molecule has 0 amide bonds. The topological polar surface area (TPSA) is 116 Å². The average molecular weight is 365 g/mol. The molecule has 0 bridgehead atoms. The molecule has 2 aromatic carbocycles. The first-order valence-electron chi connectivity index (χ1n) is 6.76. The van der Waals surface area contributed by atoms with Crippen molar-refractivity contribution >= 4 is 31.4 Å². The van der Waals surface area contributed by atoms with E-state index >= 15 is 0 Å². The molecule has 0 atom stereocenters. The maximum absolute atomic E-state index is 12.3. The zero-order chi connectivity index (χ0) is 17.8. The first kappa shape index (κ1) is 17.8. The average Bonchev–Trinajstić information content (AvgIpc) is 2.48. The van der Waals surface area contributed by atoms with Crippen LogP contribution in [0.15, 0.2) is 53.4 Å². The molecule has 2 N–H and O–H groups in total. The van der Waals surface area contributed by atoms with Gasteiger partial charge in [-0.2, -0.15) is 5.26 Å². The van der Waals surface area contributed by atoms with E-state index in [9.17, 15) is 16.8 Å². The Hall–Kier alpha value is -2.57. The SMILES string of the molecule is CS(=O)(=O)Nc1ccc(S(=O)(=O)Nc2ccc(CC#N)cc2)cc1. The van der Waals surface area contributed by atoms with Crippen molar-refractivity contribution in [2.24, 2.45) is 0 Å². The van der Waals surface area contributed by atoms with E-state index in [-0.39, 0.29) is 17.0 Å². The fraction of sp³-hybridized carbons (Fsp3) is 0.133. The number of nitriles is 1. The summed E-state index contributed by atoms with van der Waals surface area (Å²) < 4.78 is 51.6. The number of benzene rings is 2. The van der Waals surface area contributed by atoms with E-state index in [0.717, 1.165) is 11.8 Å². The van der Waals surface area contributed by atoms with E-state index in [1.165, 1.54) is 24.3 Å². The van der Waals surface area contributed by atoms with Crippen molar-refractivity contribution in [3.63, 3.8) is 0 Å². The van der Waals surface area contributed by atoms with Crippen LogP contribution in [0, 0.1) is 11.3 Å². The maximum Gasteiger partial charge on any atom is 0.261 e. The molecule has 0 aromatic heterocycles. The van der Waals surface area contributed by atoms with Crippen LogP contribution in [0.1, 0.15) is 5.56 Å². The Bertz CT molecular complexity index is 959. The van der Waals surface area contributed by atoms with Crippen LogP contribution in [0.2, 0.25) is 0 Å². The van der Waals surface area contributed by atoms with Gasteiger partial charge in [-0.05, 0) is 42.0 Å². The van der Waals surface area contributed by atoms with E-state index in [0.29, 0.717) is 5.69 Å². The minimum atomic E-state index is -3.79.